The van der Waals surface area contributed by atoms with E-state index < -0.39 is 0 Å². The van der Waals surface area contributed by atoms with Crippen molar-refractivity contribution in [3.63, 3.8) is 0 Å². The number of hydrogen-bond acceptors (Lipinski definition) is 6. The van der Waals surface area contributed by atoms with Gasteiger partial charge in [-0.05, 0) is 29.5 Å². The number of aryl methyl sites for hydroxylation is 1. The number of anilines is 1. The molecule has 0 amide bonds. The van der Waals surface area contributed by atoms with Gasteiger partial charge in [0.15, 0.2) is 0 Å². The van der Waals surface area contributed by atoms with Gasteiger partial charge in [0.25, 0.3) is 0 Å². The second-order valence-corrected chi connectivity index (χ2v) is 7.28. The summed E-state index contributed by atoms with van der Waals surface area (Å²) in [4.78, 5) is 11.5. The van der Waals surface area contributed by atoms with Crippen LogP contribution in [-0.4, -0.2) is 29.9 Å². The third-order valence-corrected chi connectivity index (χ3v) is 4.17. The standard InChI is InChI=1S/C20H27N3O3/c1-20(2,3)14-11-13(9-10-18(24)26-4)12-17(19(14)25)23-22-16-8-6-5-7-15(16)21/h5-8,11-12,15,23,25H,9-10,21H2,1-4H3/b22-16-. The Kier molecular flexibility index (Phi) is 6.21. The zero-order valence-corrected chi connectivity index (χ0v) is 15.7. The van der Waals surface area contributed by atoms with Crippen LogP contribution in [0.4, 0.5) is 5.69 Å². The molecule has 6 heteroatoms. The first-order chi connectivity index (χ1) is 12.2. The first kappa shape index (κ1) is 19.7. The lowest BCUT2D eigenvalue weighted by molar-refractivity contribution is -0.140. The van der Waals surface area contributed by atoms with Crippen LogP contribution in [0.25, 0.3) is 0 Å². The summed E-state index contributed by atoms with van der Waals surface area (Å²) < 4.78 is 4.71. The largest absolute Gasteiger partial charge is 0.505 e. The summed E-state index contributed by atoms with van der Waals surface area (Å²) >= 11 is 0. The van der Waals surface area contributed by atoms with Gasteiger partial charge in [0, 0.05) is 12.0 Å². The topological polar surface area (TPSA) is 96.9 Å². The molecule has 0 spiro atoms. The molecule has 1 aliphatic rings. The van der Waals surface area contributed by atoms with Crippen LogP contribution >= 0.6 is 0 Å². The predicted octanol–water partition coefficient (Wildman–Crippen LogP) is 3.02. The molecule has 0 radical (unpaired) electrons. The number of carbonyl (C=O) groups excluding carboxylic acids is 1. The number of phenolic OH excluding ortho intramolecular Hbond substituents is 1. The third-order valence-electron chi connectivity index (χ3n) is 4.17. The molecule has 140 valence electrons. The molecule has 1 unspecified atom stereocenters. The number of hydrazone groups is 1. The summed E-state index contributed by atoms with van der Waals surface area (Å²) in [7, 11) is 1.37. The van der Waals surface area contributed by atoms with Crippen molar-refractivity contribution in [1.29, 1.82) is 0 Å². The molecule has 0 aliphatic heterocycles. The Morgan fingerprint density at radius 1 is 1.35 bits per heavy atom. The van der Waals surface area contributed by atoms with E-state index in [2.05, 4.69) is 10.5 Å². The maximum atomic E-state index is 11.5. The fourth-order valence-corrected chi connectivity index (χ4v) is 2.63. The molecule has 0 saturated carbocycles. The molecule has 0 aromatic heterocycles. The van der Waals surface area contributed by atoms with Gasteiger partial charge in [-0.1, -0.05) is 45.1 Å². The van der Waals surface area contributed by atoms with Gasteiger partial charge in [0.1, 0.15) is 5.75 Å². The average Bonchev–Trinajstić information content (AvgIpc) is 2.59. The van der Waals surface area contributed by atoms with Crippen LogP contribution in [-0.2, 0) is 21.4 Å². The minimum absolute atomic E-state index is 0.146. The molecule has 0 fully saturated rings. The number of esters is 1. The average molecular weight is 357 g/mol. The van der Waals surface area contributed by atoms with E-state index in [4.69, 9.17) is 10.5 Å². The van der Waals surface area contributed by atoms with E-state index in [0.717, 1.165) is 11.1 Å². The highest BCUT2D eigenvalue weighted by atomic mass is 16.5. The predicted molar refractivity (Wildman–Crippen MR) is 104 cm³/mol. The highest BCUT2D eigenvalue weighted by Crippen LogP contribution is 2.37. The van der Waals surface area contributed by atoms with Crippen LogP contribution in [0, 0.1) is 0 Å². The molecule has 2 rings (SSSR count). The van der Waals surface area contributed by atoms with E-state index in [1.807, 2.05) is 51.1 Å². The van der Waals surface area contributed by atoms with E-state index in [1.54, 1.807) is 6.07 Å². The Morgan fingerprint density at radius 2 is 2.08 bits per heavy atom. The number of ether oxygens (including phenoxy) is 1. The van der Waals surface area contributed by atoms with Crippen molar-refractivity contribution < 1.29 is 14.6 Å². The van der Waals surface area contributed by atoms with Crippen molar-refractivity contribution in [2.45, 2.75) is 45.1 Å². The number of nitrogens with two attached hydrogens (primary N) is 1. The van der Waals surface area contributed by atoms with Crippen LogP contribution in [0.2, 0.25) is 0 Å². The van der Waals surface area contributed by atoms with Gasteiger partial charge < -0.3 is 15.6 Å². The lowest BCUT2D eigenvalue weighted by Crippen LogP contribution is -2.28. The summed E-state index contributed by atoms with van der Waals surface area (Å²) in [6.45, 7) is 6.06. The first-order valence-corrected chi connectivity index (χ1v) is 8.59. The highest BCUT2D eigenvalue weighted by molar-refractivity contribution is 6.02. The maximum absolute atomic E-state index is 11.5. The van der Waals surface area contributed by atoms with Crippen molar-refractivity contribution in [2.24, 2.45) is 10.8 Å². The van der Waals surface area contributed by atoms with Crippen molar-refractivity contribution >= 4 is 17.4 Å². The molecule has 0 bridgehead atoms. The van der Waals surface area contributed by atoms with E-state index in [-0.39, 0.29) is 29.6 Å². The number of phenols is 1. The smallest absolute Gasteiger partial charge is 0.305 e. The Morgan fingerprint density at radius 3 is 2.69 bits per heavy atom. The Balaban J connectivity index is 2.34. The lowest BCUT2D eigenvalue weighted by Gasteiger charge is -2.23. The maximum Gasteiger partial charge on any atom is 0.305 e. The minimum atomic E-state index is -0.292. The number of nitrogens with one attached hydrogen (secondary N) is 1. The molecule has 1 aliphatic carbocycles. The van der Waals surface area contributed by atoms with Gasteiger partial charge in [-0.3, -0.25) is 10.2 Å². The number of aromatic hydroxyl groups is 1. The summed E-state index contributed by atoms with van der Waals surface area (Å²) in [6, 6.07) is 3.43. The summed E-state index contributed by atoms with van der Waals surface area (Å²) in [6.07, 6.45) is 8.18. The quantitative estimate of drug-likeness (QED) is 0.428. The molecule has 1 atom stereocenters. The molecule has 26 heavy (non-hydrogen) atoms. The fourth-order valence-electron chi connectivity index (χ4n) is 2.63. The second kappa shape index (κ2) is 8.19. The number of methoxy groups -OCH3 is 1. The number of hydrogen-bond donors (Lipinski definition) is 3. The molecule has 0 saturated heterocycles. The van der Waals surface area contributed by atoms with Gasteiger partial charge in [-0.25, -0.2) is 0 Å². The van der Waals surface area contributed by atoms with E-state index in [1.165, 1.54) is 7.11 Å². The van der Waals surface area contributed by atoms with E-state index in [9.17, 15) is 9.90 Å². The molecule has 6 nitrogen and oxygen atoms in total. The zero-order chi connectivity index (χ0) is 19.3. The zero-order valence-electron chi connectivity index (χ0n) is 15.7. The lowest BCUT2D eigenvalue weighted by atomic mass is 9.84. The van der Waals surface area contributed by atoms with Crippen LogP contribution < -0.4 is 11.2 Å². The van der Waals surface area contributed by atoms with E-state index in [0.29, 0.717) is 17.8 Å². The number of benzene rings is 1. The van der Waals surface area contributed by atoms with Crippen LogP contribution in [0.15, 0.2) is 41.5 Å². The highest BCUT2D eigenvalue weighted by Gasteiger charge is 2.22. The van der Waals surface area contributed by atoms with Crippen LogP contribution in [0.1, 0.15) is 38.3 Å². The monoisotopic (exact) mass is 357 g/mol. The summed E-state index contributed by atoms with van der Waals surface area (Å²) in [5.41, 5.74) is 11.5. The fraction of sp³-hybridized carbons (Fsp3) is 0.400. The Labute approximate surface area is 154 Å². The molecular formula is C20H27N3O3. The van der Waals surface area contributed by atoms with Gasteiger partial charge in [-0.2, -0.15) is 5.10 Å². The van der Waals surface area contributed by atoms with Crippen LogP contribution in [0.5, 0.6) is 5.75 Å². The Hall–Kier alpha value is -2.60. The summed E-state index contributed by atoms with van der Waals surface area (Å²) in [5, 5.41) is 15.0. The number of nitrogens with zero attached hydrogens (tertiary/aromatic N) is 1. The Bertz CT molecular complexity index is 758. The van der Waals surface area contributed by atoms with Crippen LogP contribution in [0.3, 0.4) is 0 Å². The van der Waals surface area contributed by atoms with Crippen molar-refractivity contribution in [1.82, 2.24) is 0 Å². The minimum Gasteiger partial charge on any atom is -0.505 e. The third kappa shape index (κ3) is 4.95. The molecule has 1 aromatic carbocycles. The van der Waals surface area contributed by atoms with Gasteiger partial charge in [-0.15, -0.1) is 0 Å². The number of rotatable bonds is 5. The number of allylic oxidation sites excluding steroid dienone is 2. The normalized spacial score (nSPS) is 18.2. The van der Waals surface area contributed by atoms with E-state index >= 15 is 0 Å². The van der Waals surface area contributed by atoms with Gasteiger partial charge in [0.05, 0.1) is 24.6 Å². The molecule has 1 aromatic rings. The second-order valence-electron chi connectivity index (χ2n) is 7.28. The molecular weight excluding hydrogens is 330 g/mol. The molecule has 4 N–H and O–H groups in total. The number of carbonyl (C=O) groups is 1. The first-order valence-electron chi connectivity index (χ1n) is 8.59. The van der Waals surface area contributed by atoms with Crippen molar-refractivity contribution in [3.05, 3.63) is 47.6 Å². The van der Waals surface area contributed by atoms with Crippen molar-refractivity contribution in [3.8, 4) is 5.75 Å². The SMILES string of the molecule is COC(=O)CCc1cc(N/N=C2/C=CC=CC2N)c(O)c(C(C)(C)C)c1. The molecule has 0 heterocycles. The van der Waals surface area contributed by atoms with Gasteiger partial charge in [0.2, 0.25) is 0 Å². The summed E-state index contributed by atoms with van der Waals surface area (Å²) in [5.74, 6) is -0.122. The van der Waals surface area contributed by atoms with Crippen molar-refractivity contribution in [2.75, 3.05) is 12.5 Å². The van der Waals surface area contributed by atoms with Gasteiger partial charge >= 0.3 is 5.97 Å².